The van der Waals surface area contributed by atoms with E-state index in [4.69, 9.17) is 0 Å². The molecule has 0 aliphatic rings. The first-order valence-corrected chi connectivity index (χ1v) is 5.69. The molecule has 0 N–H and O–H groups in total. The predicted octanol–water partition coefficient (Wildman–Crippen LogP) is 2.61. The summed E-state index contributed by atoms with van der Waals surface area (Å²) in [5, 5.41) is 0. The number of aromatic nitrogens is 2. The average molecular weight is 283 g/mol. The van der Waals surface area contributed by atoms with Gasteiger partial charge in [-0.2, -0.15) is 0 Å². The number of carbonyl (C=O) groups excluding carboxylic acids is 1. The molecule has 84 valence electrons. The van der Waals surface area contributed by atoms with Crippen molar-refractivity contribution < 1.29 is 9.53 Å². The highest BCUT2D eigenvalue weighted by molar-refractivity contribution is 9.10. The maximum absolute atomic E-state index is 11.4. The van der Waals surface area contributed by atoms with Gasteiger partial charge in [-0.05, 0) is 35.0 Å². The molecule has 0 aliphatic carbocycles. The number of halogens is 1. The molecule has 0 bridgehead atoms. The molecule has 0 aliphatic heterocycles. The molecule has 4 nitrogen and oxygen atoms in total. The van der Waals surface area contributed by atoms with Gasteiger partial charge in [0.05, 0.1) is 30.0 Å². The summed E-state index contributed by atoms with van der Waals surface area (Å²) in [7, 11) is 1.37. The van der Waals surface area contributed by atoms with Crippen molar-refractivity contribution in [1.29, 1.82) is 0 Å². The van der Waals surface area contributed by atoms with Crippen LogP contribution in [0.4, 0.5) is 0 Å². The van der Waals surface area contributed by atoms with E-state index in [1.54, 1.807) is 18.5 Å². The predicted molar refractivity (Wildman–Crippen MR) is 64.4 cm³/mol. The molecule has 2 aromatic rings. The van der Waals surface area contributed by atoms with E-state index >= 15 is 0 Å². The lowest BCUT2D eigenvalue weighted by Gasteiger charge is -2.04. The van der Waals surface area contributed by atoms with E-state index in [2.05, 4.69) is 25.7 Å². The lowest BCUT2D eigenvalue weighted by molar-refractivity contribution is 0.0601. The van der Waals surface area contributed by atoms with E-state index in [0.29, 0.717) is 5.56 Å². The zero-order valence-corrected chi connectivity index (χ0v) is 10.6. The van der Waals surface area contributed by atoms with Gasteiger partial charge >= 0.3 is 5.97 Å². The molecule has 5 heteroatoms. The molecule has 1 aromatic heterocycles. The summed E-state index contributed by atoms with van der Waals surface area (Å²) < 4.78 is 7.54. The first-order chi connectivity index (χ1) is 7.67. The quantitative estimate of drug-likeness (QED) is 0.796. The van der Waals surface area contributed by atoms with Crippen LogP contribution in [-0.2, 0) is 11.3 Å². The van der Waals surface area contributed by atoms with Gasteiger partial charge in [0.1, 0.15) is 0 Å². The van der Waals surface area contributed by atoms with Crippen molar-refractivity contribution in [3.05, 3.63) is 28.5 Å². The van der Waals surface area contributed by atoms with Crippen molar-refractivity contribution in [3.8, 4) is 0 Å². The van der Waals surface area contributed by atoms with E-state index in [1.807, 2.05) is 11.5 Å². The Labute approximate surface area is 101 Å². The third-order valence-electron chi connectivity index (χ3n) is 2.43. The lowest BCUT2D eigenvalue weighted by Crippen LogP contribution is -2.01. The lowest BCUT2D eigenvalue weighted by atomic mass is 10.2. The maximum Gasteiger partial charge on any atom is 0.337 e. The van der Waals surface area contributed by atoms with E-state index in [1.165, 1.54) is 7.11 Å². The van der Waals surface area contributed by atoms with Crippen LogP contribution in [0.1, 0.15) is 17.3 Å². The number of hydrogen-bond donors (Lipinski definition) is 0. The van der Waals surface area contributed by atoms with Gasteiger partial charge in [0.15, 0.2) is 0 Å². The van der Waals surface area contributed by atoms with E-state index in [0.717, 1.165) is 22.1 Å². The van der Waals surface area contributed by atoms with Gasteiger partial charge in [-0.15, -0.1) is 0 Å². The molecule has 1 aromatic carbocycles. The summed E-state index contributed by atoms with van der Waals surface area (Å²) in [4.78, 5) is 15.7. The average Bonchev–Trinajstić information content (AvgIpc) is 2.71. The molecule has 0 unspecified atom stereocenters. The zero-order valence-electron chi connectivity index (χ0n) is 9.03. The van der Waals surface area contributed by atoms with E-state index in [-0.39, 0.29) is 5.97 Å². The zero-order chi connectivity index (χ0) is 11.7. The minimum Gasteiger partial charge on any atom is -0.465 e. The molecule has 2 rings (SSSR count). The van der Waals surface area contributed by atoms with Crippen LogP contribution in [0.3, 0.4) is 0 Å². The van der Waals surface area contributed by atoms with Gasteiger partial charge in [0.25, 0.3) is 0 Å². The smallest absolute Gasteiger partial charge is 0.337 e. The number of aryl methyl sites for hydroxylation is 1. The van der Waals surface area contributed by atoms with Crippen LogP contribution in [0.2, 0.25) is 0 Å². The molecule has 16 heavy (non-hydrogen) atoms. The van der Waals surface area contributed by atoms with Crippen LogP contribution >= 0.6 is 15.9 Å². The Morgan fingerprint density at radius 2 is 2.31 bits per heavy atom. The largest absolute Gasteiger partial charge is 0.465 e. The fraction of sp³-hybridized carbons (Fsp3) is 0.273. The highest BCUT2D eigenvalue weighted by Gasteiger charge is 2.12. The molecule has 0 saturated heterocycles. The van der Waals surface area contributed by atoms with Crippen molar-refractivity contribution >= 4 is 32.9 Å². The molecule has 0 spiro atoms. The number of carbonyl (C=O) groups is 1. The molecule has 0 atom stereocenters. The van der Waals surface area contributed by atoms with Crippen molar-refractivity contribution in [2.24, 2.45) is 0 Å². The third kappa shape index (κ3) is 1.71. The molecular weight excluding hydrogens is 272 g/mol. The molecule has 0 fully saturated rings. The minimum absolute atomic E-state index is 0.353. The van der Waals surface area contributed by atoms with Crippen molar-refractivity contribution in [3.63, 3.8) is 0 Å². The number of methoxy groups -OCH3 is 1. The number of nitrogens with zero attached hydrogens (tertiary/aromatic N) is 2. The minimum atomic E-state index is -0.353. The van der Waals surface area contributed by atoms with Gasteiger partial charge in [0.2, 0.25) is 0 Å². The van der Waals surface area contributed by atoms with Crippen LogP contribution in [0.5, 0.6) is 0 Å². The summed E-state index contributed by atoms with van der Waals surface area (Å²) >= 11 is 3.45. The number of fused-ring (bicyclic) bond motifs is 1. The normalized spacial score (nSPS) is 10.7. The van der Waals surface area contributed by atoms with Crippen LogP contribution in [0.15, 0.2) is 22.9 Å². The van der Waals surface area contributed by atoms with Gasteiger partial charge in [0, 0.05) is 11.0 Å². The van der Waals surface area contributed by atoms with Crippen LogP contribution in [0.25, 0.3) is 11.0 Å². The number of esters is 1. The molecular formula is C11H11BrN2O2. The summed E-state index contributed by atoms with van der Waals surface area (Å²) in [5.41, 5.74) is 2.29. The topological polar surface area (TPSA) is 44.1 Å². The van der Waals surface area contributed by atoms with Crippen LogP contribution in [0, 0.1) is 0 Å². The Kier molecular flexibility index (Phi) is 2.96. The second-order valence-electron chi connectivity index (χ2n) is 3.35. The van der Waals surface area contributed by atoms with Crippen LogP contribution in [-0.4, -0.2) is 22.6 Å². The summed E-state index contributed by atoms with van der Waals surface area (Å²) in [6, 6.07) is 3.49. The fourth-order valence-electron chi connectivity index (χ4n) is 1.63. The first-order valence-electron chi connectivity index (χ1n) is 4.90. The van der Waals surface area contributed by atoms with Gasteiger partial charge < -0.3 is 9.30 Å². The number of ether oxygens (including phenoxy) is 1. The Hall–Kier alpha value is -1.36. The third-order valence-corrected chi connectivity index (χ3v) is 3.03. The summed E-state index contributed by atoms with van der Waals surface area (Å²) in [6.45, 7) is 2.88. The first kappa shape index (κ1) is 11.1. The second-order valence-corrected chi connectivity index (χ2v) is 4.20. The van der Waals surface area contributed by atoms with Gasteiger partial charge in [-0.3, -0.25) is 0 Å². The van der Waals surface area contributed by atoms with E-state index in [9.17, 15) is 4.79 Å². The Balaban J connectivity index is 2.65. The van der Waals surface area contributed by atoms with Gasteiger partial charge in [-0.25, -0.2) is 9.78 Å². The summed E-state index contributed by atoms with van der Waals surface area (Å²) in [6.07, 6.45) is 1.76. The number of benzene rings is 1. The maximum atomic E-state index is 11.4. The summed E-state index contributed by atoms with van der Waals surface area (Å²) in [5.74, 6) is -0.353. The Morgan fingerprint density at radius 1 is 1.56 bits per heavy atom. The van der Waals surface area contributed by atoms with Crippen molar-refractivity contribution in [2.75, 3.05) is 7.11 Å². The monoisotopic (exact) mass is 282 g/mol. The molecule has 0 amide bonds. The number of imidazole rings is 1. The molecule has 0 saturated carbocycles. The highest BCUT2D eigenvalue weighted by Crippen LogP contribution is 2.25. The SMILES string of the molecule is CCn1cnc2cc(C(=O)OC)cc(Br)c21. The van der Waals surface area contributed by atoms with E-state index < -0.39 is 0 Å². The number of rotatable bonds is 2. The highest BCUT2D eigenvalue weighted by atomic mass is 79.9. The Bertz CT molecular complexity index is 548. The molecule has 1 heterocycles. The standard InChI is InChI=1S/C11H11BrN2O2/c1-3-14-6-13-9-5-7(11(15)16-2)4-8(12)10(9)14/h4-6H,3H2,1-2H3. The molecule has 0 radical (unpaired) electrons. The van der Waals surface area contributed by atoms with Crippen molar-refractivity contribution in [1.82, 2.24) is 9.55 Å². The number of hydrogen-bond acceptors (Lipinski definition) is 3. The van der Waals surface area contributed by atoms with Crippen LogP contribution < -0.4 is 0 Å². The van der Waals surface area contributed by atoms with Crippen molar-refractivity contribution in [2.45, 2.75) is 13.5 Å². The van der Waals surface area contributed by atoms with Gasteiger partial charge in [-0.1, -0.05) is 0 Å². The Morgan fingerprint density at radius 3 is 2.94 bits per heavy atom. The fourth-order valence-corrected chi connectivity index (χ4v) is 2.31. The second kappa shape index (κ2) is 4.25.